The minimum atomic E-state index is -3.44. The third-order valence-corrected chi connectivity index (χ3v) is 5.62. The monoisotopic (exact) mass is 354 g/mol. The Morgan fingerprint density at radius 3 is 2.42 bits per heavy atom. The number of nitrogens with one attached hydrogen (secondary N) is 1. The summed E-state index contributed by atoms with van der Waals surface area (Å²) in [5.74, 6) is 0.195. The summed E-state index contributed by atoms with van der Waals surface area (Å²) in [7, 11) is -1.92. The number of amides is 1. The number of hydrogen-bond donors (Lipinski definition) is 1. The normalized spacial score (nSPS) is 16.6. The molecule has 0 bridgehead atoms. The highest BCUT2D eigenvalue weighted by Gasteiger charge is 2.29. The Kier molecular flexibility index (Phi) is 6.62. The number of para-hydroxylation sites is 2. The fourth-order valence-corrected chi connectivity index (χ4v) is 4.25. The van der Waals surface area contributed by atoms with Crippen LogP contribution in [-0.2, 0) is 14.8 Å². The zero-order chi connectivity index (χ0) is 17.6. The van der Waals surface area contributed by atoms with Gasteiger partial charge in [0.2, 0.25) is 15.9 Å². The molecule has 0 saturated heterocycles. The molecule has 1 amide bonds. The van der Waals surface area contributed by atoms with Crippen LogP contribution in [0.15, 0.2) is 24.3 Å². The first kappa shape index (κ1) is 18.7. The minimum absolute atomic E-state index is 0.0917. The van der Waals surface area contributed by atoms with Crippen LogP contribution in [0.1, 0.15) is 38.5 Å². The van der Waals surface area contributed by atoms with E-state index in [1.807, 2.05) is 6.07 Å². The average Bonchev–Trinajstić information content (AvgIpc) is 2.81. The standard InChI is InChI=1S/C17H26N2O4S/c1-23-16-12-8-7-11-15(16)18-17(20)13-19(24(2,21)22)14-9-5-3-4-6-10-14/h7-8,11-12,14H,3-6,9-10,13H2,1-2H3,(H,18,20). The number of carbonyl (C=O) groups is 1. The van der Waals surface area contributed by atoms with Crippen LogP contribution in [0.4, 0.5) is 5.69 Å². The van der Waals surface area contributed by atoms with Crippen LogP contribution in [0, 0.1) is 0 Å². The molecule has 0 aromatic heterocycles. The Bertz CT molecular complexity index is 652. The molecule has 0 spiro atoms. The van der Waals surface area contributed by atoms with Gasteiger partial charge in [0.05, 0.1) is 25.6 Å². The quantitative estimate of drug-likeness (QED) is 0.797. The van der Waals surface area contributed by atoms with Crippen molar-refractivity contribution in [2.45, 2.75) is 44.6 Å². The molecule has 24 heavy (non-hydrogen) atoms. The van der Waals surface area contributed by atoms with Gasteiger partial charge >= 0.3 is 0 Å². The van der Waals surface area contributed by atoms with Crippen LogP contribution >= 0.6 is 0 Å². The second kappa shape index (κ2) is 8.48. The Hall–Kier alpha value is -1.60. The molecule has 1 fully saturated rings. The van der Waals surface area contributed by atoms with Crippen LogP contribution in [0.25, 0.3) is 0 Å². The first-order valence-electron chi connectivity index (χ1n) is 8.31. The molecular formula is C17H26N2O4S. The molecule has 1 N–H and O–H groups in total. The second-order valence-corrected chi connectivity index (χ2v) is 8.14. The lowest BCUT2D eigenvalue weighted by Crippen LogP contribution is -2.44. The van der Waals surface area contributed by atoms with E-state index in [-0.39, 0.29) is 18.5 Å². The number of methoxy groups -OCH3 is 1. The molecule has 1 saturated carbocycles. The zero-order valence-electron chi connectivity index (χ0n) is 14.3. The highest BCUT2D eigenvalue weighted by molar-refractivity contribution is 7.88. The number of hydrogen-bond acceptors (Lipinski definition) is 4. The maximum Gasteiger partial charge on any atom is 0.239 e. The van der Waals surface area contributed by atoms with Crippen LogP contribution < -0.4 is 10.1 Å². The number of anilines is 1. The molecule has 6 nitrogen and oxygen atoms in total. The summed E-state index contributed by atoms with van der Waals surface area (Å²) in [4.78, 5) is 12.4. The van der Waals surface area contributed by atoms with E-state index in [1.54, 1.807) is 18.2 Å². The molecule has 1 aromatic carbocycles. The summed E-state index contributed by atoms with van der Waals surface area (Å²) < 4.78 is 30.9. The number of benzene rings is 1. The largest absolute Gasteiger partial charge is 0.495 e. The highest BCUT2D eigenvalue weighted by atomic mass is 32.2. The van der Waals surface area contributed by atoms with Crippen LogP contribution in [-0.4, -0.2) is 44.6 Å². The van der Waals surface area contributed by atoms with Crippen molar-refractivity contribution >= 4 is 21.6 Å². The number of sulfonamides is 1. The zero-order valence-corrected chi connectivity index (χ0v) is 15.1. The van der Waals surface area contributed by atoms with Crippen LogP contribution in [0.3, 0.4) is 0 Å². The van der Waals surface area contributed by atoms with Gasteiger partial charge in [0.15, 0.2) is 0 Å². The SMILES string of the molecule is COc1ccccc1NC(=O)CN(C1CCCCCC1)S(C)(=O)=O. The molecule has 0 heterocycles. The topological polar surface area (TPSA) is 75.7 Å². The third-order valence-electron chi connectivity index (χ3n) is 4.34. The predicted octanol–water partition coefficient (Wildman–Crippen LogP) is 2.62. The lowest BCUT2D eigenvalue weighted by Gasteiger charge is -2.28. The molecule has 1 aliphatic rings. The van der Waals surface area contributed by atoms with Gasteiger partial charge in [-0.1, -0.05) is 37.8 Å². The number of carbonyl (C=O) groups excluding carboxylic acids is 1. The van der Waals surface area contributed by atoms with Crippen molar-refractivity contribution in [1.29, 1.82) is 0 Å². The van der Waals surface area contributed by atoms with E-state index < -0.39 is 10.0 Å². The summed E-state index contributed by atoms with van der Waals surface area (Å²) in [5.41, 5.74) is 0.541. The number of rotatable bonds is 6. The van der Waals surface area contributed by atoms with Gasteiger partial charge in [-0.15, -0.1) is 0 Å². The summed E-state index contributed by atoms with van der Waals surface area (Å²) in [6, 6.07) is 6.98. The molecule has 0 aliphatic heterocycles. The summed E-state index contributed by atoms with van der Waals surface area (Å²) in [6.45, 7) is -0.165. The van der Waals surface area contributed by atoms with Crippen molar-refractivity contribution in [3.8, 4) is 5.75 Å². The molecule has 0 atom stereocenters. The van der Waals surface area contributed by atoms with E-state index in [0.29, 0.717) is 11.4 Å². The van der Waals surface area contributed by atoms with E-state index in [1.165, 1.54) is 17.7 Å². The fourth-order valence-electron chi connectivity index (χ4n) is 3.14. The van der Waals surface area contributed by atoms with Crippen molar-refractivity contribution in [3.63, 3.8) is 0 Å². The number of ether oxygens (including phenoxy) is 1. The molecule has 0 unspecified atom stereocenters. The van der Waals surface area contributed by atoms with E-state index in [4.69, 9.17) is 4.74 Å². The summed E-state index contributed by atoms with van der Waals surface area (Å²) in [6.07, 6.45) is 7.07. The van der Waals surface area contributed by atoms with Crippen molar-refractivity contribution < 1.29 is 17.9 Å². The maximum absolute atomic E-state index is 12.4. The predicted molar refractivity (Wildman–Crippen MR) is 94.7 cm³/mol. The van der Waals surface area contributed by atoms with Gasteiger partial charge in [-0.2, -0.15) is 4.31 Å². The Morgan fingerprint density at radius 2 is 1.83 bits per heavy atom. The van der Waals surface area contributed by atoms with Crippen molar-refractivity contribution in [1.82, 2.24) is 4.31 Å². The average molecular weight is 354 g/mol. The third kappa shape index (κ3) is 5.21. The molecule has 2 rings (SSSR count). The molecule has 7 heteroatoms. The Morgan fingerprint density at radius 1 is 1.21 bits per heavy atom. The molecular weight excluding hydrogens is 328 g/mol. The van der Waals surface area contributed by atoms with Crippen molar-refractivity contribution in [2.24, 2.45) is 0 Å². The van der Waals surface area contributed by atoms with Gasteiger partial charge in [0, 0.05) is 6.04 Å². The molecule has 0 radical (unpaired) electrons. The van der Waals surface area contributed by atoms with Gasteiger partial charge in [-0.3, -0.25) is 4.79 Å². The lowest BCUT2D eigenvalue weighted by molar-refractivity contribution is -0.116. The van der Waals surface area contributed by atoms with Gasteiger partial charge in [0.25, 0.3) is 0 Å². The van der Waals surface area contributed by atoms with Gasteiger partial charge < -0.3 is 10.1 Å². The highest BCUT2D eigenvalue weighted by Crippen LogP contribution is 2.25. The second-order valence-electron chi connectivity index (χ2n) is 6.20. The maximum atomic E-state index is 12.4. The van der Waals surface area contributed by atoms with E-state index in [9.17, 15) is 13.2 Å². The molecule has 1 aromatic rings. The first-order valence-corrected chi connectivity index (χ1v) is 10.2. The lowest BCUT2D eigenvalue weighted by atomic mass is 10.1. The van der Waals surface area contributed by atoms with E-state index >= 15 is 0 Å². The van der Waals surface area contributed by atoms with Gasteiger partial charge in [0.1, 0.15) is 5.75 Å². The molecule has 1 aliphatic carbocycles. The van der Waals surface area contributed by atoms with Crippen LogP contribution in [0.5, 0.6) is 5.75 Å². The fraction of sp³-hybridized carbons (Fsp3) is 0.588. The minimum Gasteiger partial charge on any atom is -0.495 e. The Balaban J connectivity index is 2.09. The smallest absolute Gasteiger partial charge is 0.239 e. The van der Waals surface area contributed by atoms with Gasteiger partial charge in [-0.05, 0) is 25.0 Å². The first-order chi connectivity index (χ1) is 11.4. The summed E-state index contributed by atoms with van der Waals surface area (Å²) in [5, 5.41) is 2.75. The van der Waals surface area contributed by atoms with Crippen LogP contribution in [0.2, 0.25) is 0 Å². The van der Waals surface area contributed by atoms with Crippen molar-refractivity contribution in [3.05, 3.63) is 24.3 Å². The summed E-state index contributed by atoms with van der Waals surface area (Å²) >= 11 is 0. The molecule has 134 valence electrons. The Labute approximate surface area is 144 Å². The number of nitrogens with zero attached hydrogens (tertiary/aromatic N) is 1. The van der Waals surface area contributed by atoms with Gasteiger partial charge in [-0.25, -0.2) is 8.42 Å². The van der Waals surface area contributed by atoms with E-state index in [2.05, 4.69) is 5.32 Å². The van der Waals surface area contributed by atoms with Crippen molar-refractivity contribution in [2.75, 3.05) is 25.2 Å². The van der Waals surface area contributed by atoms with E-state index in [0.717, 1.165) is 38.5 Å².